The molecule has 1 atom stereocenters. The molecule has 102 valence electrons. The number of rotatable bonds is 3. The standard InChI is InChI=1S/C14H12ClF3S/c1-2-11-6-7-12(19-11)13(15)9-4-3-5-10(8-9)14(16,17)18/h3-8,13H,2H2,1H3. The Morgan fingerprint density at radius 2 is 1.95 bits per heavy atom. The quantitative estimate of drug-likeness (QED) is 0.642. The molecule has 0 radical (unpaired) electrons. The summed E-state index contributed by atoms with van der Waals surface area (Å²) in [5.74, 6) is 0. The smallest absolute Gasteiger partial charge is 0.166 e. The van der Waals surface area contributed by atoms with E-state index in [-0.39, 0.29) is 0 Å². The van der Waals surface area contributed by atoms with Crippen LogP contribution in [0, 0.1) is 0 Å². The topological polar surface area (TPSA) is 0 Å². The molecule has 0 spiro atoms. The molecule has 1 heterocycles. The molecular weight excluding hydrogens is 293 g/mol. The van der Waals surface area contributed by atoms with Gasteiger partial charge in [0.1, 0.15) is 0 Å². The summed E-state index contributed by atoms with van der Waals surface area (Å²) in [6.07, 6.45) is -3.44. The lowest BCUT2D eigenvalue weighted by Crippen LogP contribution is -2.05. The van der Waals surface area contributed by atoms with Crippen molar-refractivity contribution in [3.8, 4) is 0 Å². The first-order valence-corrected chi connectivity index (χ1v) is 7.07. The largest absolute Gasteiger partial charge is 0.416 e. The Labute approximate surface area is 118 Å². The molecule has 19 heavy (non-hydrogen) atoms. The van der Waals surface area contributed by atoms with Crippen LogP contribution in [0.15, 0.2) is 36.4 Å². The van der Waals surface area contributed by atoms with Gasteiger partial charge in [0, 0.05) is 9.75 Å². The second-order valence-electron chi connectivity index (χ2n) is 4.14. The fourth-order valence-corrected chi connectivity index (χ4v) is 3.06. The van der Waals surface area contributed by atoms with Gasteiger partial charge in [-0.05, 0) is 36.2 Å². The predicted molar refractivity (Wildman–Crippen MR) is 72.8 cm³/mol. The monoisotopic (exact) mass is 304 g/mol. The highest BCUT2D eigenvalue weighted by molar-refractivity contribution is 7.12. The van der Waals surface area contributed by atoms with Crippen molar-refractivity contribution in [1.82, 2.24) is 0 Å². The van der Waals surface area contributed by atoms with Gasteiger partial charge in [0.05, 0.1) is 10.9 Å². The fourth-order valence-electron chi connectivity index (χ4n) is 1.76. The third kappa shape index (κ3) is 3.31. The van der Waals surface area contributed by atoms with E-state index in [1.807, 2.05) is 19.1 Å². The van der Waals surface area contributed by atoms with Crippen LogP contribution in [0.1, 0.15) is 33.2 Å². The Hall–Kier alpha value is -1.00. The number of hydrogen-bond acceptors (Lipinski definition) is 1. The highest BCUT2D eigenvalue weighted by atomic mass is 35.5. The number of halogens is 4. The molecule has 0 saturated heterocycles. The molecule has 0 fully saturated rings. The first kappa shape index (κ1) is 14.4. The van der Waals surface area contributed by atoms with Crippen LogP contribution >= 0.6 is 22.9 Å². The van der Waals surface area contributed by atoms with Crippen LogP contribution < -0.4 is 0 Å². The summed E-state index contributed by atoms with van der Waals surface area (Å²) in [7, 11) is 0. The lowest BCUT2D eigenvalue weighted by atomic mass is 10.1. The SMILES string of the molecule is CCc1ccc(C(Cl)c2cccc(C(F)(F)F)c2)s1. The molecule has 5 heteroatoms. The van der Waals surface area contributed by atoms with Gasteiger partial charge in [-0.1, -0.05) is 19.1 Å². The van der Waals surface area contributed by atoms with Gasteiger partial charge < -0.3 is 0 Å². The van der Waals surface area contributed by atoms with E-state index in [1.165, 1.54) is 22.3 Å². The van der Waals surface area contributed by atoms with Crippen LogP contribution in [0.4, 0.5) is 13.2 Å². The minimum Gasteiger partial charge on any atom is -0.166 e. The van der Waals surface area contributed by atoms with E-state index < -0.39 is 17.1 Å². The van der Waals surface area contributed by atoms with E-state index in [4.69, 9.17) is 11.6 Å². The minimum atomic E-state index is -4.34. The number of alkyl halides is 4. The second-order valence-corrected chi connectivity index (χ2v) is 5.78. The highest BCUT2D eigenvalue weighted by Crippen LogP contribution is 2.37. The predicted octanol–water partition coefficient (Wildman–Crippen LogP) is 5.66. The van der Waals surface area contributed by atoms with E-state index in [1.54, 1.807) is 6.07 Å². The molecule has 0 aliphatic rings. The van der Waals surface area contributed by atoms with Crippen molar-refractivity contribution >= 4 is 22.9 Å². The number of aryl methyl sites for hydroxylation is 1. The Bertz CT molecular complexity index is 560. The average molecular weight is 305 g/mol. The van der Waals surface area contributed by atoms with Crippen LogP contribution in [0.2, 0.25) is 0 Å². The maximum atomic E-state index is 12.7. The third-order valence-corrected chi connectivity index (χ3v) is 4.70. The van der Waals surface area contributed by atoms with Crippen molar-refractivity contribution in [2.45, 2.75) is 24.9 Å². The van der Waals surface area contributed by atoms with Gasteiger partial charge in [-0.15, -0.1) is 22.9 Å². The summed E-state index contributed by atoms with van der Waals surface area (Å²) in [6, 6.07) is 9.02. The van der Waals surface area contributed by atoms with Crippen LogP contribution in [-0.2, 0) is 12.6 Å². The second kappa shape index (κ2) is 5.55. The molecule has 0 saturated carbocycles. The Balaban J connectivity index is 2.31. The molecule has 1 aromatic carbocycles. The van der Waals surface area contributed by atoms with E-state index in [9.17, 15) is 13.2 Å². The summed E-state index contributed by atoms with van der Waals surface area (Å²) >= 11 is 7.80. The summed E-state index contributed by atoms with van der Waals surface area (Å²) in [4.78, 5) is 2.05. The minimum absolute atomic E-state index is 0.473. The zero-order valence-corrected chi connectivity index (χ0v) is 11.7. The van der Waals surface area contributed by atoms with E-state index in [2.05, 4.69) is 0 Å². The fraction of sp³-hybridized carbons (Fsp3) is 0.286. The van der Waals surface area contributed by atoms with Gasteiger partial charge in [0.25, 0.3) is 0 Å². The van der Waals surface area contributed by atoms with Crippen LogP contribution in [0.25, 0.3) is 0 Å². The highest BCUT2D eigenvalue weighted by Gasteiger charge is 2.31. The Morgan fingerprint density at radius 1 is 1.21 bits per heavy atom. The Morgan fingerprint density at radius 3 is 2.53 bits per heavy atom. The van der Waals surface area contributed by atoms with Crippen molar-refractivity contribution in [3.05, 3.63) is 57.3 Å². The summed E-state index contributed by atoms with van der Waals surface area (Å²) in [6.45, 7) is 2.03. The van der Waals surface area contributed by atoms with Crippen molar-refractivity contribution in [2.24, 2.45) is 0 Å². The van der Waals surface area contributed by atoms with Crippen molar-refractivity contribution in [2.75, 3.05) is 0 Å². The average Bonchev–Trinajstić information content (AvgIpc) is 2.86. The van der Waals surface area contributed by atoms with Gasteiger partial charge in [-0.2, -0.15) is 13.2 Å². The number of hydrogen-bond donors (Lipinski definition) is 0. The van der Waals surface area contributed by atoms with Crippen LogP contribution in [0.3, 0.4) is 0 Å². The summed E-state index contributed by atoms with van der Waals surface area (Å²) in [5, 5.41) is -0.535. The van der Waals surface area contributed by atoms with Gasteiger partial charge in [0.15, 0.2) is 0 Å². The maximum Gasteiger partial charge on any atom is 0.416 e. The third-order valence-electron chi connectivity index (χ3n) is 2.79. The normalized spacial score (nSPS) is 13.5. The van der Waals surface area contributed by atoms with Crippen molar-refractivity contribution in [1.29, 1.82) is 0 Å². The molecule has 2 rings (SSSR count). The van der Waals surface area contributed by atoms with Crippen LogP contribution in [0.5, 0.6) is 0 Å². The van der Waals surface area contributed by atoms with Gasteiger partial charge in [-0.25, -0.2) is 0 Å². The molecular formula is C14H12ClF3S. The molecule has 0 nitrogen and oxygen atoms in total. The molecule has 0 amide bonds. The first-order valence-electron chi connectivity index (χ1n) is 5.81. The van der Waals surface area contributed by atoms with Crippen LogP contribution in [-0.4, -0.2) is 0 Å². The zero-order chi connectivity index (χ0) is 14.0. The summed E-state index contributed by atoms with van der Waals surface area (Å²) < 4.78 is 38.0. The number of benzene rings is 1. The lowest BCUT2D eigenvalue weighted by molar-refractivity contribution is -0.137. The van der Waals surface area contributed by atoms with E-state index in [0.29, 0.717) is 5.56 Å². The van der Waals surface area contributed by atoms with Gasteiger partial charge in [-0.3, -0.25) is 0 Å². The molecule has 2 aromatic rings. The molecule has 1 unspecified atom stereocenters. The maximum absolute atomic E-state index is 12.7. The molecule has 0 aliphatic heterocycles. The summed E-state index contributed by atoms with van der Waals surface area (Å²) in [5.41, 5.74) is -0.191. The molecule has 0 N–H and O–H groups in total. The molecule has 0 aliphatic carbocycles. The van der Waals surface area contributed by atoms with E-state index >= 15 is 0 Å². The molecule has 1 aromatic heterocycles. The van der Waals surface area contributed by atoms with Crippen molar-refractivity contribution in [3.63, 3.8) is 0 Å². The van der Waals surface area contributed by atoms with Gasteiger partial charge in [0.2, 0.25) is 0 Å². The van der Waals surface area contributed by atoms with Gasteiger partial charge >= 0.3 is 6.18 Å². The Kier molecular flexibility index (Phi) is 4.21. The zero-order valence-electron chi connectivity index (χ0n) is 10.2. The van der Waals surface area contributed by atoms with Crippen molar-refractivity contribution < 1.29 is 13.2 Å². The lowest BCUT2D eigenvalue weighted by Gasteiger charge is -2.11. The molecule has 0 bridgehead atoms. The van der Waals surface area contributed by atoms with E-state index in [0.717, 1.165) is 23.4 Å². The number of thiophene rings is 1. The first-order chi connectivity index (χ1) is 8.91.